The van der Waals surface area contributed by atoms with E-state index >= 15 is 0 Å². The molecule has 1 aromatic rings. The van der Waals surface area contributed by atoms with Crippen molar-refractivity contribution in [2.24, 2.45) is 5.41 Å². The maximum atomic E-state index is 12.4. The van der Waals surface area contributed by atoms with Crippen molar-refractivity contribution in [2.75, 3.05) is 11.9 Å². The van der Waals surface area contributed by atoms with Crippen LogP contribution in [0.1, 0.15) is 57.3 Å². The maximum Gasteiger partial charge on any atom is 0.232 e. The molecule has 0 bridgehead atoms. The third-order valence-electron chi connectivity index (χ3n) is 3.27. The number of hydrogen-bond donors (Lipinski definition) is 0. The van der Waals surface area contributed by atoms with Crippen LogP contribution in [0, 0.1) is 5.41 Å². The van der Waals surface area contributed by atoms with Crippen molar-refractivity contribution in [3.8, 4) is 0 Å². The van der Waals surface area contributed by atoms with Crippen molar-refractivity contribution in [3.05, 3.63) is 29.8 Å². The average Bonchev–Trinajstić information content (AvgIpc) is 2.42. The Labute approximate surface area is 122 Å². The van der Waals surface area contributed by atoms with Gasteiger partial charge in [0.05, 0.1) is 5.69 Å². The van der Waals surface area contributed by atoms with Crippen molar-refractivity contribution in [1.82, 2.24) is 0 Å². The van der Waals surface area contributed by atoms with E-state index in [1.54, 1.807) is 18.0 Å². The van der Waals surface area contributed by atoms with E-state index in [1.165, 1.54) is 0 Å². The molecule has 0 atom stereocenters. The minimum absolute atomic E-state index is 0.00763. The first-order valence-corrected chi connectivity index (χ1v) is 7.19. The lowest BCUT2D eigenvalue weighted by atomic mass is 9.94. The summed E-state index contributed by atoms with van der Waals surface area (Å²) in [6.45, 7) is 7.71. The first-order chi connectivity index (χ1) is 9.29. The van der Waals surface area contributed by atoms with Crippen molar-refractivity contribution < 1.29 is 9.59 Å². The molecule has 1 amide bonds. The summed E-state index contributed by atoms with van der Waals surface area (Å²) in [5.41, 5.74) is 0.878. The Hall–Kier alpha value is -1.64. The summed E-state index contributed by atoms with van der Waals surface area (Å²) in [5.74, 6) is 0.115. The van der Waals surface area contributed by atoms with Gasteiger partial charge in [-0.2, -0.15) is 0 Å². The summed E-state index contributed by atoms with van der Waals surface area (Å²) in [5, 5.41) is 0. The monoisotopic (exact) mass is 275 g/mol. The number of rotatable bonds is 5. The molecule has 0 fully saturated rings. The van der Waals surface area contributed by atoms with Gasteiger partial charge in [0.1, 0.15) is 0 Å². The highest BCUT2D eigenvalue weighted by molar-refractivity contribution is 6.06. The summed E-state index contributed by atoms with van der Waals surface area (Å²) in [6.07, 6.45) is 2.40. The largest absolute Gasteiger partial charge is 0.314 e. The zero-order chi connectivity index (χ0) is 15.3. The first kappa shape index (κ1) is 16.4. The molecule has 0 unspecified atom stereocenters. The number of benzene rings is 1. The predicted molar refractivity (Wildman–Crippen MR) is 83.2 cm³/mol. The second-order valence-corrected chi connectivity index (χ2v) is 6.16. The molecule has 0 saturated heterocycles. The number of hydrogen-bond acceptors (Lipinski definition) is 2. The van der Waals surface area contributed by atoms with Crippen LogP contribution in [-0.4, -0.2) is 18.7 Å². The molecule has 0 N–H and O–H groups in total. The molecule has 110 valence electrons. The van der Waals surface area contributed by atoms with Crippen LogP contribution in [0.2, 0.25) is 0 Å². The topological polar surface area (TPSA) is 37.4 Å². The van der Waals surface area contributed by atoms with E-state index in [1.807, 2.05) is 39.0 Å². The smallest absolute Gasteiger partial charge is 0.232 e. The molecule has 0 aliphatic heterocycles. The number of nitrogens with zero attached hydrogens (tertiary/aromatic N) is 1. The van der Waals surface area contributed by atoms with Gasteiger partial charge in [-0.05, 0) is 18.6 Å². The van der Waals surface area contributed by atoms with E-state index < -0.39 is 5.41 Å². The fourth-order valence-corrected chi connectivity index (χ4v) is 2.09. The van der Waals surface area contributed by atoms with Gasteiger partial charge in [-0.25, -0.2) is 0 Å². The van der Waals surface area contributed by atoms with Crippen LogP contribution in [0.5, 0.6) is 0 Å². The number of carbonyl (C=O) groups excluding carboxylic acids is 2. The Balaban J connectivity index is 3.07. The fourth-order valence-electron chi connectivity index (χ4n) is 2.09. The Kier molecular flexibility index (Phi) is 5.49. The molecule has 1 rings (SSSR count). The Bertz CT molecular complexity index is 486. The van der Waals surface area contributed by atoms with Crippen molar-refractivity contribution in [3.63, 3.8) is 0 Å². The lowest BCUT2D eigenvalue weighted by Gasteiger charge is -2.27. The van der Waals surface area contributed by atoms with Gasteiger partial charge >= 0.3 is 0 Å². The van der Waals surface area contributed by atoms with Gasteiger partial charge in [0.15, 0.2) is 5.78 Å². The molecule has 0 aromatic heterocycles. The van der Waals surface area contributed by atoms with Gasteiger partial charge in [-0.15, -0.1) is 0 Å². The molecule has 0 aliphatic rings. The van der Waals surface area contributed by atoms with Gasteiger partial charge in [-0.3, -0.25) is 9.59 Å². The molecule has 3 heteroatoms. The summed E-state index contributed by atoms with van der Waals surface area (Å²) in [7, 11) is 1.74. The van der Waals surface area contributed by atoms with E-state index in [-0.39, 0.29) is 11.7 Å². The van der Waals surface area contributed by atoms with Crippen LogP contribution >= 0.6 is 0 Å². The van der Waals surface area contributed by atoms with E-state index in [9.17, 15) is 9.59 Å². The molecule has 0 saturated carbocycles. The Morgan fingerprint density at radius 2 is 1.75 bits per heavy atom. The van der Waals surface area contributed by atoms with Crippen molar-refractivity contribution >= 4 is 17.4 Å². The van der Waals surface area contributed by atoms with Crippen LogP contribution in [0.4, 0.5) is 5.69 Å². The molecule has 0 heterocycles. The van der Waals surface area contributed by atoms with Crippen LogP contribution < -0.4 is 4.90 Å². The SMILES string of the molecule is CCCCC(=O)c1ccccc1N(C)C(=O)C(C)(C)C. The molecule has 3 nitrogen and oxygen atoms in total. The Morgan fingerprint density at radius 3 is 2.30 bits per heavy atom. The normalized spacial score (nSPS) is 11.2. The quantitative estimate of drug-likeness (QED) is 0.760. The van der Waals surface area contributed by atoms with Crippen LogP contribution in [0.15, 0.2) is 24.3 Å². The number of carbonyl (C=O) groups is 2. The second-order valence-electron chi connectivity index (χ2n) is 6.16. The van der Waals surface area contributed by atoms with Crippen molar-refractivity contribution in [2.45, 2.75) is 47.0 Å². The molecule has 20 heavy (non-hydrogen) atoms. The zero-order valence-electron chi connectivity index (χ0n) is 13.2. The molecular weight excluding hydrogens is 250 g/mol. The molecule has 0 radical (unpaired) electrons. The summed E-state index contributed by atoms with van der Waals surface area (Å²) in [4.78, 5) is 26.2. The van der Waals surface area contributed by atoms with Crippen molar-refractivity contribution in [1.29, 1.82) is 0 Å². The first-order valence-electron chi connectivity index (χ1n) is 7.19. The average molecular weight is 275 g/mol. The third kappa shape index (κ3) is 3.92. The highest BCUT2D eigenvalue weighted by Gasteiger charge is 2.27. The minimum atomic E-state index is -0.464. The van der Waals surface area contributed by atoms with E-state index in [4.69, 9.17) is 0 Å². The fraction of sp³-hybridized carbons (Fsp3) is 0.529. The number of para-hydroxylation sites is 1. The third-order valence-corrected chi connectivity index (χ3v) is 3.27. The van der Waals surface area contributed by atoms with Gasteiger partial charge < -0.3 is 4.90 Å². The van der Waals surface area contributed by atoms with Crippen LogP contribution in [0.25, 0.3) is 0 Å². The zero-order valence-corrected chi connectivity index (χ0v) is 13.2. The Morgan fingerprint density at radius 1 is 1.15 bits per heavy atom. The summed E-state index contributed by atoms with van der Waals surface area (Å²) in [6, 6.07) is 7.35. The molecule has 0 aliphatic carbocycles. The summed E-state index contributed by atoms with van der Waals surface area (Å²) >= 11 is 0. The van der Waals surface area contributed by atoms with Crippen LogP contribution in [0.3, 0.4) is 0 Å². The maximum absolute atomic E-state index is 12.4. The lowest BCUT2D eigenvalue weighted by molar-refractivity contribution is -0.125. The number of unbranched alkanes of at least 4 members (excludes halogenated alkanes) is 1. The van der Waals surface area contributed by atoms with Crippen LogP contribution in [-0.2, 0) is 4.79 Å². The minimum Gasteiger partial charge on any atom is -0.314 e. The highest BCUT2D eigenvalue weighted by atomic mass is 16.2. The molecule has 0 spiro atoms. The second kappa shape index (κ2) is 6.69. The van der Waals surface area contributed by atoms with Gasteiger partial charge in [0.25, 0.3) is 0 Å². The lowest BCUT2D eigenvalue weighted by Crippen LogP contribution is -2.37. The van der Waals surface area contributed by atoms with Gasteiger partial charge in [-0.1, -0.05) is 46.2 Å². The number of Topliss-reactive ketones (excluding diaryl/α,β-unsaturated/α-hetero) is 1. The van der Waals surface area contributed by atoms with E-state index in [0.717, 1.165) is 12.8 Å². The van der Waals surface area contributed by atoms with E-state index in [2.05, 4.69) is 6.92 Å². The number of anilines is 1. The highest BCUT2D eigenvalue weighted by Crippen LogP contribution is 2.26. The summed E-state index contributed by atoms with van der Waals surface area (Å²) < 4.78 is 0. The van der Waals surface area contributed by atoms with E-state index in [0.29, 0.717) is 17.7 Å². The standard InChI is InChI=1S/C17H25NO2/c1-6-7-12-15(19)13-10-8-9-11-14(13)18(5)16(20)17(2,3)4/h8-11H,6-7,12H2,1-5H3. The predicted octanol–water partition coefficient (Wildman–Crippen LogP) is 4.07. The number of ketones is 1. The molecular formula is C17H25NO2. The molecule has 1 aromatic carbocycles. The van der Waals surface area contributed by atoms with Gasteiger partial charge in [0.2, 0.25) is 5.91 Å². The van der Waals surface area contributed by atoms with Gasteiger partial charge in [0, 0.05) is 24.4 Å². The number of amides is 1.